The Labute approximate surface area is 599 Å². The standard InChI is InChI=1S/C77H117N11O13/c1-16-49(7)68(85-74(95)69(48(5)6)86(11)12)75(96)87(13)70(50(8)17-2)64(99-14)45-66(92)88-43-25-30-61(88)71(100-15)51(9)52(10)80-60(44-53-26-20-18-21-27-53)73(94)82-56-36-38-57(39-37-56)83-77(98)101-46-54-32-34-55(35-33-54)81-72(93)59(29-24-42-79-76(78)97)67(47(3)4)84-65(91)31-23-19-22-28-58-62(89)40-41-63(58)90/h18,20-21,26-27,32-41,47-52,58-61,64,67-71,80H,16-17,19,22-25,28-31,42-46H2,1-15H3,(H,81,93)(H,82,94)(H,83,98)(H,84,91)(H,85,95)(H3,78,79,97)/t49-,50+,51+,52?,59+,60+,61+,64-,67-,68+,69+,70+,71-/m0/s1. The fraction of sp³-hybridized carbons (Fsp3) is 0.610. The number of nitrogens with one attached hydrogen (secondary N) is 7. The molecule has 24 nitrogen and oxygen atoms in total. The summed E-state index contributed by atoms with van der Waals surface area (Å²) < 4.78 is 18.1. The molecular weight excluding hydrogens is 1290 g/mol. The van der Waals surface area contributed by atoms with E-state index in [0.717, 1.165) is 12.0 Å². The number of primary amides is 1. The molecule has 1 unspecified atom stereocenters. The van der Waals surface area contributed by atoms with Crippen LogP contribution in [0, 0.1) is 41.4 Å². The number of unbranched alkanes of at least 4 members (excludes halogenated alkanes) is 2. The molecule has 3 aromatic carbocycles. The van der Waals surface area contributed by atoms with Crippen molar-refractivity contribution in [1.29, 1.82) is 0 Å². The molecule has 0 radical (unpaired) electrons. The number of urea groups is 1. The Morgan fingerprint density at radius 3 is 1.84 bits per heavy atom. The normalized spacial score (nSPS) is 17.6. The monoisotopic (exact) mass is 1400 g/mol. The summed E-state index contributed by atoms with van der Waals surface area (Å²) in [5.74, 6) is -3.59. The number of carbonyl (C=O) groups is 10. The van der Waals surface area contributed by atoms with Gasteiger partial charge in [-0.2, -0.15) is 0 Å². The fourth-order valence-electron chi connectivity index (χ4n) is 14.0. The number of rotatable bonds is 42. The number of ether oxygens (including phenoxy) is 3. The fourth-order valence-corrected chi connectivity index (χ4v) is 14.0. The smallest absolute Gasteiger partial charge is 0.411 e. The minimum absolute atomic E-state index is 0.0141. The van der Waals surface area contributed by atoms with Gasteiger partial charge in [0, 0.05) is 69.9 Å². The summed E-state index contributed by atoms with van der Waals surface area (Å²) in [6.07, 6.45) is 7.28. The van der Waals surface area contributed by atoms with Crippen molar-refractivity contribution in [2.75, 3.05) is 64.4 Å². The van der Waals surface area contributed by atoms with Crippen molar-refractivity contribution in [3.05, 3.63) is 102 Å². The minimum atomic E-state index is -0.782. The van der Waals surface area contributed by atoms with Gasteiger partial charge in [0.15, 0.2) is 11.6 Å². The largest absolute Gasteiger partial charge is 0.444 e. The maximum atomic E-state index is 14.8. The summed E-state index contributed by atoms with van der Waals surface area (Å²) in [6.45, 7) is 20.6. The Morgan fingerprint density at radius 2 is 1.28 bits per heavy atom. The summed E-state index contributed by atoms with van der Waals surface area (Å²) in [5, 5.41) is 21.1. The highest BCUT2D eigenvalue weighted by Gasteiger charge is 2.44. The highest BCUT2D eigenvalue weighted by Crippen LogP contribution is 2.32. The summed E-state index contributed by atoms with van der Waals surface area (Å²) >= 11 is 0. The first-order chi connectivity index (χ1) is 48.0. The minimum Gasteiger partial charge on any atom is -0.444 e. The topological polar surface area (TPSA) is 318 Å². The van der Waals surface area contributed by atoms with Crippen LogP contribution in [-0.4, -0.2) is 177 Å². The van der Waals surface area contributed by atoms with Crippen molar-refractivity contribution in [3.8, 4) is 0 Å². The highest BCUT2D eigenvalue weighted by atomic mass is 16.5. The number of likely N-dealkylation sites (N-methyl/N-ethyl adjacent to an activating group) is 2. The Bertz CT molecular complexity index is 3180. The van der Waals surface area contributed by atoms with Crippen molar-refractivity contribution >= 4 is 76.2 Å². The molecule has 9 amide bonds. The molecular formula is C77H117N11O13. The molecule has 13 atom stereocenters. The second-order valence-electron chi connectivity index (χ2n) is 28.5. The molecule has 0 spiro atoms. The van der Waals surface area contributed by atoms with Crippen LogP contribution in [0.1, 0.15) is 157 Å². The van der Waals surface area contributed by atoms with E-state index in [-0.39, 0.29) is 115 Å². The molecule has 3 aromatic rings. The van der Waals surface area contributed by atoms with E-state index < -0.39 is 66.4 Å². The van der Waals surface area contributed by atoms with Gasteiger partial charge in [0.05, 0.1) is 54.6 Å². The van der Waals surface area contributed by atoms with Crippen molar-refractivity contribution < 1.29 is 62.2 Å². The van der Waals surface area contributed by atoms with Crippen LogP contribution < -0.4 is 43.0 Å². The number of carbonyl (C=O) groups excluding carboxylic acids is 10. The van der Waals surface area contributed by atoms with Gasteiger partial charge in [-0.15, -0.1) is 0 Å². The van der Waals surface area contributed by atoms with Crippen LogP contribution in [0.4, 0.5) is 26.7 Å². The predicted octanol–water partition coefficient (Wildman–Crippen LogP) is 9.42. The van der Waals surface area contributed by atoms with Crippen molar-refractivity contribution in [2.45, 2.75) is 214 Å². The first kappa shape index (κ1) is 83.6. The van der Waals surface area contributed by atoms with Crippen molar-refractivity contribution in [1.82, 2.24) is 36.0 Å². The van der Waals surface area contributed by atoms with Crippen LogP contribution in [0.3, 0.4) is 0 Å². The number of hydrogen-bond donors (Lipinski definition) is 8. The maximum absolute atomic E-state index is 14.8. The molecule has 101 heavy (non-hydrogen) atoms. The van der Waals surface area contributed by atoms with E-state index in [0.29, 0.717) is 93.4 Å². The van der Waals surface area contributed by atoms with Gasteiger partial charge in [0.1, 0.15) is 12.6 Å². The van der Waals surface area contributed by atoms with E-state index in [4.69, 9.17) is 19.9 Å². The van der Waals surface area contributed by atoms with Gasteiger partial charge in [-0.05, 0) is 155 Å². The van der Waals surface area contributed by atoms with E-state index >= 15 is 0 Å². The maximum Gasteiger partial charge on any atom is 0.411 e. The summed E-state index contributed by atoms with van der Waals surface area (Å²) in [5.41, 5.74) is 8.26. The van der Waals surface area contributed by atoms with Crippen LogP contribution in [0.2, 0.25) is 0 Å². The van der Waals surface area contributed by atoms with Crippen molar-refractivity contribution in [3.63, 3.8) is 0 Å². The average Bonchev–Trinajstić information content (AvgIpc) is 1.79. The number of nitrogens with two attached hydrogens (primary N) is 1. The molecule has 24 heteroatoms. The molecule has 1 fully saturated rings. The molecule has 5 rings (SSSR count). The molecule has 0 bridgehead atoms. The van der Waals surface area contributed by atoms with Crippen LogP contribution in [0.25, 0.3) is 0 Å². The lowest BCUT2D eigenvalue weighted by Gasteiger charge is -2.41. The highest BCUT2D eigenvalue weighted by molar-refractivity contribution is 6.18. The number of amides is 9. The Hall–Kier alpha value is -8.06. The van der Waals surface area contributed by atoms with E-state index in [2.05, 4.69) is 58.0 Å². The predicted molar refractivity (Wildman–Crippen MR) is 393 cm³/mol. The SMILES string of the molecule is CC[C@@H](C)[C@H]([C@H](CC(=O)N1CCC[C@@H]1[C@@H](OC)[C@H](C)C(C)N[C@H](Cc1ccccc1)C(=O)Nc1ccc(NC(=O)OCc2ccc(NC(=O)[C@H](CCCNC(N)=O)[C@@H](NC(=O)CCCCCC3C(=O)C=CC3=O)C(C)C)cc2)cc1)OC)N(C)C(=O)[C@H](NC(=O)[C@@H](C(C)C)N(C)C)[C@@H](C)CC. The Balaban J connectivity index is 1.18. The average molecular weight is 1400 g/mol. The second kappa shape index (κ2) is 41.8. The molecule has 1 saturated heterocycles. The number of likely N-dealkylation sites (tertiary alicyclic amines) is 1. The quantitative estimate of drug-likeness (QED) is 0.0193. The summed E-state index contributed by atoms with van der Waals surface area (Å²) in [6, 6.07) is 19.0. The Kier molecular flexibility index (Phi) is 34.6. The van der Waals surface area contributed by atoms with Crippen LogP contribution in [-0.2, 0) is 65.6 Å². The first-order valence-electron chi connectivity index (χ1n) is 36.2. The number of methoxy groups -OCH3 is 2. The van der Waals surface area contributed by atoms with E-state index in [1.54, 1.807) is 74.7 Å². The third-order valence-corrected chi connectivity index (χ3v) is 20.2. The molecule has 0 saturated carbocycles. The summed E-state index contributed by atoms with van der Waals surface area (Å²) in [4.78, 5) is 139. The molecule has 558 valence electrons. The molecule has 2 aliphatic rings. The van der Waals surface area contributed by atoms with E-state index in [1.807, 2.05) is 103 Å². The van der Waals surface area contributed by atoms with E-state index in [9.17, 15) is 47.9 Å². The zero-order valence-corrected chi connectivity index (χ0v) is 62.4. The number of anilines is 3. The summed E-state index contributed by atoms with van der Waals surface area (Å²) in [7, 11) is 8.71. The zero-order chi connectivity index (χ0) is 74.6. The molecule has 1 heterocycles. The van der Waals surface area contributed by atoms with Gasteiger partial charge in [-0.25, -0.2) is 9.59 Å². The van der Waals surface area contributed by atoms with Gasteiger partial charge < -0.3 is 61.6 Å². The van der Waals surface area contributed by atoms with Crippen LogP contribution in [0.5, 0.6) is 0 Å². The number of ketones is 2. The third kappa shape index (κ3) is 25.5. The van der Waals surface area contributed by atoms with Gasteiger partial charge >= 0.3 is 12.1 Å². The van der Waals surface area contributed by atoms with Gasteiger partial charge in [0.2, 0.25) is 35.4 Å². The molecule has 1 aliphatic carbocycles. The third-order valence-electron chi connectivity index (χ3n) is 20.2. The van der Waals surface area contributed by atoms with E-state index in [1.165, 1.54) is 12.2 Å². The number of allylic oxidation sites excluding steroid dienone is 2. The van der Waals surface area contributed by atoms with Crippen LogP contribution in [0.15, 0.2) is 91.0 Å². The lowest BCUT2D eigenvalue weighted by molar-refractivity contribution is -0.147. The Morgan fingerprint density at radius 1 is 0.673 bits per heavy atom. The molecule has 1 aliphatic heterocycles. The van der Waals surface area contributed by atoms with Gasteiger partial charge in [-0.1, -0.05) is 130 Å². The van der Waals surface area contributed by atoms with Gasteiger partial charge in [0.25, 0.3) is 0 Å². The number of benzene rings is 3. The van der Waals surface area contributed by atoms with Gasteiger partial charge in [-0.3, -0.25) is 48.6 Å². The number of hydrogen-bond acceptors (Lipinski definition) is 15. The molecule has 9 N–H and O–H groups in total. The lowest BCUT2D eigenvalue weighted by Crippen LogP contribution is -2.60. The van der Waals surface area contributed by atoms with Crippen molar-refractivity contribution in [2.24, 2.45) is 47.2 Å². The number of nitrogens with zero attached hydrogens (tertiary/aromatic N) is 3. The zero-order valence-electron chi connectivity index (χ0n) is 62.4. The van der Waals surface area contributed by atoms with Crippen LogP contribution >= 0.6 is 0 Å². The first-order valence-corrected chi connectivity index (χ1v) is 36.2. The molecule has 0 aromatic heterocycles. The second-order valence-corrected chi connectivity index (χ2v) is 28.5. The lowest BCUT2D eigenvalue weighted by atomic mass is 9.85.